The second kappa shape index (κ2) is 5.74. The molecule has 3 heteroatoms. The van der Waals surface area contributed by atoms with Crippen molar-refractivity contribution in [1.29, 1.82) is 0 Å². The molecule has 2 atom stereocenters. The van der Waals surface area contributed by atoms with E-state index in [2.05, 4.69) is 0 Å². The van der Waals surface area contributed by atoms with Crippen LogP contribution in [0.1, 0.15) is 57.1 Å². The second-order valence-corrected chi connectivity index (χ2v) is 6.08. The maximum atomic E-state index is 10.1. The van der Waals surface area contributed by atoms with Crippen LogP contribution in [0.25, 0.3) is 0 Å². The molecule has 1 saturated heterocycles. The third-order valence-electron chi connectivity index (χ3n) is 4.67. The molecule has 2 fully saturated rings. The summed E-state index contributed by atoms with van der Waals surface area (Å²) in [5.74, 6) is 0.836. The Morgan fingerprint density at radius 2 is 2.20 bits per heavy atom. The Labute approximate surface area is 120 Å². The molecule has 3 nitrogen and oxygen atoms in total. The van der Waals surface area contributed by atoms with E-state index in [1.165, 1.54) is 19.3 Å². The molecule has 3 rings (SSSR count). The molecule has 0 amide bonds. The number of hydrogen-bond donors (Lipinski definition) is 1. The number of benzene rings is 1. The summed E-state index contributed by atoms with van der Waals surface area (Å²) >= 11 is 0. The first-order valence-electron chi connectivity index (χ1n) is 7.80. The molecule has 2 aliphatic rings. The molecule has 0 aromatic heterocycles. The van der Waals surface area contributed by atoms with Crippen molar-refractivity contribution >= 4 is 0 Å². The van der Waals surface area contributed by atoms with Crippen molar-refractivity contribution in [1.82, 2.24) is 0 Å². The monoisotopic (exact) mass is 276 g/mol. The lowest BCUT2D eigenvalue weighted by atomic mass is 9.74. The second-order valence-electron chi connectivity index (χ2n) is 6.08. The molecule has 1 saturated carbocycles. The lowest BCUT2D eigenvalue weighted by molar-refractivity contribution is -0.153. The van der Waals surface area contributed by atoms with E-state index in [0.717, 1.165) is 30.8 Å². The van der Waals surface area contributed by atoms with Gasteiger partial charge in [-0.15, -0.1) is 0 Å². The van der Waals surface area contributed by atoms with Crippen LogP contribution in [-0.2, 0) is 4.74 Å². The summed E-state index contributed by atoms with van der Waals surface area (Å²) in [6.07, 6.45) is 6.04. The van der Waals surface area contributed by atoms with E-state index in [4.69, 9.17) is 9.47 Å². The molecule has 1 aliphatic carbocycles. The predicted molar refractivity (Wildman–Crippen MR) is 77.9 cm³/mol. The molecule has 1 aromatic carbocycles. The van der Waals surface area contributed by atoms with E-state index in [9.17, 15) is 5.11 Å². The van der Waals surface area contributed by atoms with Gasteiger partial charge in [0, 0.05) is 18.4 Å². The van der Waals surface area contributed by atoms with Gasteiger partial charge in [-0.1, -0.05) is 25.1 Å². The first-order valence-corrected chi connectivity index (χ1v) is 7.80. The van der Waals surface area contributed by atoms with E-state index < -0.39 is 6.10 Å². The quantitative estimate of drug-likeness (QED) is 0.913. The normalized spacial score (nSPS) is 26.0. The molecule has 1 spiro atoms. The van der Waals surface area contributed by atoms with Crippen LogP contribution >= 0.6 is 0 Å². The first kappa shape index (κ1) is 13.9. The van der Waals surface area contributed by atoms with E-state index in [1.54, 1.807) is 0 Å². The molecule has 1 unspecified atom stereocenters. The Morgan fingerprint density at radius 1 is 1.40 bits per heavy atom. The van der Waals surface area contributed by atoms with Gasteiger partial charge in [0.15, 0.2) is 0 Å². The van der Waals surface area contributed by atoms with Crippen molar-refractivity contribution in [3.63, 3.8) is 0 Å². The number of hydrogen-bond acceptors (Lipinski definition) is 3. The van der Waals surface area contributed by atoms with Gasteiger partial charge in [0.1, 0.15) is 11.9 Å². The maximum Gasteiger partial charge on any atom is 0.125 e. The summed E-state index contributed by atoms with van der Waals surface area (Å²) in [6.45, 7) is 2.78. The third-order valence-corrected chi connectivity index (χ3v) is 4.67. The number of aliphatic hydroxyl groups excluding tert-OH is 1. The topological polar surface area (TPSA) is 38.7 Å². The van der Waals surface area contributed by atoms with Gasteiger partial charge in [-0.3, -0.25) is 0 Å². The maximum absolute atomic E-state index is 10.1. The highest BCUT2D eigenvalue weighted by Crippen LogP contribution is 2.43. The van der Waals surface area contributed by atoms with E-state index in [-0.39, 0.29) is 11.7 Å². The smallest absolute Gasteiger partial charge is 0.125 e. The summed E-state index contributed by atoms with van der Waals surface area (Å²) in [6, 6.07) is 7.86. The number of ether oxygens (including phenoxy) is 2. The fourth-order valence-electron chi connectivity index (χ4n) is 3.27. The number of para-hydroxylation sites is 1. The van der Waals surface area contributed by atoms with Crippen LogP contribution in [0, 0.1) is 0 Å². The highest BCUT2D eigenvalue weighted by molar-refractivity contribution is 5.35. The minimum atomic E-state index is -0.441. The standard InChI is InChI=1S/C17H24O3/c1-2-15(18)14-6-3-4-7-16(14)20-13-8-11-19-17(12-13)9-5-10-17/h3-4,6-7,13,15,18H,2,5,8-12H2,1H3/t13?,15-/m1/s1. The fourth-order valence-corrected chi connectivity index (χ4v) is 3.27. The molecule has 1 N–H and O–H groups in total. The van der Waals surface area contributed by atoms with Crippen LogP contribution in [0.5, 0.6) is 5.75 Å². The zero-order valence-corrected chi connectivity index (χ0v) is 12.2. The molecule has 0 bridgehead atoms. The molecule has 1 heterocycles. The van der Waals surface area contributed by atoms with E-state index >= 15 is 0 Å². The van der Waals surface area contributed by atoms with Crippen molar-refractivity contribution in [3.8, 4) is 5.75 Å². The molecule has 20 heavy (non-hydrogen) atoms. The van der Waals surface area contributed by atoms with Crippen LogP contribution in [0.3, 0.4) is 0 Å². The lowest BCUT2D eigenvalue weighted by Crippen LogP contribution is -2.48. The zero-order chi connectivity index (χ0) is 14.0. The van der Waals surface area contributed by atoms with Crippen LogP contribution in [0.4, 0.5) is 0 Å². The molecular formula is C17H24O3. The molecule has 0 radical (unpaired) electrons. The van der Waals surface area contributed by atoms with Gasteiger partial charge in [-0.05, 0) is 31.7 Å². The summed E-state index contributed by atoms with van der Waals surface area (Å²) in [4.78, 5) is 0. The minimum absolute atomic E-state index is 0.0984. The molecule has 110 valence electrons. The molecule has 1 aromatic rings. The molecular weight excluding hydrogens is 252 g/mol. The van der Waals surface area contributed by atoms with Crippen LogP contribution < -0.4 is 4.74 Å². The Bertz CT molecular complexity index is 453. The Morgan fingerprint density at radius 3 is 2.90 bits per heavy atom. The first-order chi connectivity index (χ1) is 9.72. The van der Waals surface area contributed by atoms with Crippen LogP contribution in [0.15, 0.2) is 24.3 Å². The van der Waals surface area contributed by atoms with E-state index in [1.807, 2.05) is 31.2 Å². The van der Waals surface area contributed by atoms with Crippen molar-refractivity contribution in [2.75, 3.05) is 6.61 Å². The lowest BCUT2D eigenvalue weighted by Gasteiger charge is -2.47. The fraction of sp³-hybridized carbons (Fsp3) is 0.647. The van der Waals surface area contributed by atoms with Gasteiger partial charge in [0.25, 0.3) is 0 Å². The van der Waals surface area contributed by atoms with Crippen LogP contribution in [-0.4, -0.2) is 23.4 Å². The van der Waals surface area contributed by atoms with Crippen LogP contribution in [0.2, 0.25) is 0 Å². The van der Waals surface area contributed by atoms with Crippen molar-refractivity contribution < 1.29 is 14.6 Å². The van der Waals surface area contributed by atoms with Gasteiger partial charge in [0.2, 0.25) is 0 Å². The number of rotatable bonds is 4. The van der Waals surface area contributed by atoms with Gasteiger partial charge >= 0.3 is 0 Å². The summed E-state index contributed by atoms with van der Waals surface area (Å²) < 4.78 is 12.1. The van der Waals surface area contributed by atoms with Crippen molar-refractivity contribution in [3.05, 3.63) is 29.8 Å². The highest BCUT2D eigenvalue weighted by atomic mass is 16.5. The van der Waals surface area contributed by atoms with Crippen molar-refractivity contribution in [2.24, 2.45) is 0 Å². The summed E-state index contributed by atoms with van der Waals surface area (Å²) in [5, 5.41) is 10.1. The van der Waals surface area contributed by atoms with Crippen molar-refractivity contribution in [2.45, 2.75) is 63.3 Å². The highest BCUT2D eigenvalue weighted by Gasteiger charge is 2.43. The predicted octanol–water partition coefficient (Wildman–Crippen LogP) is 3.61. The third kappa shape index (κ3) is 2.70. The van der Waals surface area contributed by atoms with Gasteiger partial charge in [0.05, 0.1) is 18.3 Å². The Hall–Kier alpha value is -1.06. The Kier molecular flexibility index (Phi) is 3.99. The Balaban J connectivity index is 1.71. The van der Waals surface area contributed by atoms with Gasteiger partial charge in [-0.2, -0.15) is 0 Å². The summed E-state index contributed by atoms with van der Waals surface area (Å²) in [7, 11) is 0. The van der Waals surface area contributed by atoms with Gasteiger partial charge < -0.3 is 14.6 Å². The largest absolute Gasteiger partial charge is 0.490 e. The average molecular weight is 276 g/mol. The van der Waals surface area contributed by atoms with Gasteiger partial charge in [-0.25, -0.2) is 0 Å². The SMILES string of the molecule is CC[C@@H](O)c1ccccc1OC1CCOC2(CCC2)C1. The number of aliphatic hydroxyl groups is 1. The zero-order valence-electron chi connectivity index (χ0n) is 12.2. The average Bonchev–Trinajstić information content (AvgIpc) is 2.46. The van der Waals surface area contributed by atoms with E-state index in [0.29, 0.717) is 6.42 Å². The minimum Gasteiger partial charge on any atom is -0.490 e. The molecule has 1 aliphatic heterocycles. The summed E-state index contributed by atoms with van der Waals surface area (Å²) in [5.41, 5.74) is 1.01.